The van der Waals surface area contributed by atoms with Gasteiger partial charge in [-0.1, -0.05) is 36.4 Å². The maximum atomic E-state index is 13.0. The van der Waals surface area contributed by atoms with Gasteiger partial charge >= 0.3 is 0 Å². The number of hydrogen-bond donors (Lipinski definition) is 3. The molecule has 0 fully saturated rings. The van der Waals surface area contributed by atoms with Crippen LogP contribution in [0.5, 0.6) is 11.5 Å². The van der Waals surface area contributed by atoms with Crippen molar-refractivity contribution in [1.29, 1.82) is 0 Å². The number of hydrogen-bond acceptors (Lipinski definition) is 6. The van der Waals surface area contributed by atoms with E-state index in [-0.39, 0.29) is 33.3 Å². The quantitative estimate of drug-likeness (QED) is 0.224. The molecule has 0 unspecified atom stereocenters. The number of nitro groups is 1. The van der Waals surface area contributed by atoms with Crippen LogP contribution in [0.1, 0.15) is 5.56 Å². The molecular weight excluding hydrogens is 432 g/mol. The number of fused-ring (bicyclic) bond motifs is 1. The Morgan fingerprint density at radius 3 is 2.38 bits per heavy atom. The highest BCUT2D eigenvalue weighted by Crippen LogP contribution is 2.42. The predicted octanol–water partition coefficient (Wildman–Crippen LogP) is 4.94. The molecule has 4 rings (SSSR count). The summed E-state index contributed by atoms with van der Waals surface area (Å²) in [5.41, 5.74) is 0.705. The Morgan fingerprint density at radius 2 is 1.62 bits per heavy atom. The van der Waals surface area contributed by atoms with Crippen LogP contribution in [0.4, 0.5) is 11.4 Å². The zero-order valence-electron chi connectivity index (χ0n) is 16.8. The molecule has 4 aromatic rings. The predicted molar refractivity (Wildman–Crippen MR) is 121 cm³/mol. The minimum atomic E-state index is -4.16. The molecule has 0 spiro atoms. The van der Waals surface area contributed by atoms with Crippen LogP contribution in [0.25, 0.3) is 21.9 Å². The Labute approximate surface area is 183 Å². The van der Waals surface area contributed by atoms with Gasteiger partial charge in [0.25, 0.3) is 15.7 Å². The molecular formula is C23H18N2O6S. The number of anilines is 1. The van der Waals surface area contributed by atoms with Crippen LogP contribution in [0.2, 0.25) is 0 Å². The van der Waals surface area contributed by atoms with E-state index < -0.39 is 14.9 Å². The van der Waals surface area contributed by atoms with Crippen molar-refractivity contribution in [2.45, 2.75) is 11.8 Å². The number of phenolic OH excluding ortho intramolecular Hbond substituents is 2. The average Bonchev–Trinajstić information content (AvgIpc) is 2.75. The van der Waals surface area contributed by atoms with E-state index in [1.807, 2.05) is 12.1 Å². The van der Waals surface area contributed by atoms with Crippen molar-refractivity contribution in [3.8, 4) is 22.6 Å². The summed E-state index contributed by atoms with van der Waals surface area (Å²) in [5.74, 6) is -0.223. The van der Waals surface area contributed by atoms with E-state index in [1.54, 1.807) is 18.2 Å². The molecule has 0 radical (unpaired) electrons. The molecule has 0 saturated heterocycles. The number of phenols is 2. The molecule has 3 N–H and O–H groups in total. The third-order valence-corrected chi connectivity index (χ3v) is 6.62. The fourth-order valence-electron chi connectivity index (χ4n) is 3.54. The summed E-state index contributed by atoms with van der Waals surface area (Å²) in [6, 6.07) is 18.2. The van der Waals surface area contributed by atoms with Crippen molar-refractivity contribution in [3.05, 3.63) is 88.5 Å². The molecule has 4 aromatic carbocycles. The Kier molecular flexibility index (Phi) is 5.19. The van der Waals surface area contributed by atoms with Gasteiger partial charge in [-0.2, -0.15) is 0 Å². The van der Waals surface area contributed by atoms with Crippen LogP contribution in [0, 0.1) is 17.0 Å². The van der Waals surface area contributed by atoms with Crippen LogP contribution in [0.3, 0.4) is 0 Å². The molecule has 0 amide bonds. The third-order valence-electron chi connectivity index (χ3n) is 5.10. The highest BCUT2D eigenvalue weighted by atomic mass is 32.2. The fourth-order valence-corrected chi connectivity index (χ4v) is 4.86. The zero-order valence-corrected chi connectivity index (χ0v) is 17.6. The van der Waals surface area contributed by atoms with E-state index in [0.29, 0.717) is 16.5 Å². The molecule has 0 heterocycles. The van der Waals surface area contributed by atoms with Gasteiger partial charge < -0.3 is 10.2 Å². The fraction of sp³-hybridized carbons (Fsp3) is 0.0435. The second-order valence-electron chi connectivity index (χ2n) is 7.23. The van der Waals surface area contributed by atoms with E-state index in [0.717, 1.165) is 11.5 Å². The van der Waals surface area contributed by atoms with Crippen LogP contribution in [-0.4, -0.2) is 23.6 Å². The maximum Gasteiger partial charge on any atom is 0.270 e. The van der Waals surface area contributed by atoms with Crippen LogP contribution < -0.4 is 4.72 Å². The highest BCUT2D eigenvalue weighted by Gasteiger charge is 2.22. The van der Waals surface area contributed by atoms with Crippen LogP contribution in [-0.2, 0) is 10.0 Å². The highest BCUT2D eigenvalue weighted by molar-refractivity contribution is 7.92. The normalized spacial score (nSPS) is 11.4. The second kappa shape index (κ2) is 7.86. The minimum absolute atomic E-state index is 0.0754. The number of sulfonamides is 1. The Balaban J connectivity index is 1.81. The molecule has 0 bridgehead atoms. The van der Waals surface area contributed by atoms with E-state index in [1.165, 1.54) is 43.3 Å². The standard InChI is InChI=1S/C23H18N2O6S/c1-14-6-9-17(25(28)29)13-22(14)32(30,31)24-16-8-11-20(26)19(12-16)23-18-5-3-2-4-15(18)7-10-21(23)27/h2-13,24,26-27H,1H3. The van der Waals surface area contributed by atoms with Crippen molar-refractivity contribution in [2.24, 2.45) is 0 Å². The van der Waals surface area contributed by atoms with Gasteiger partial charge in [-0.25, -0.2) is 8.42 Å². The summed E-state index contributed by atoms with van der Waals surface area (Å²) >= 11 is 0. The molecule has 162 valence electrons. The van der Waals surface area contributed by atoms with Gasteiger partial charge in [0.15, 0.2) is 0 Å². The smallest absolute Gasteiger partial charge is 0.270 e. The number of non-ortho nitro benzene ring substituents is 1. The van der Waals surface area contributed by atoms with Crippen LogP contribution in [0.15, 0.2) is 77.7 Å². The Bertz CT molecular complexity index is 1480. The van der Waals surface area contributed by atoms with E-state index in [2.05, 4.69) is 4.72 Å². The maximum absolute atomic E-state index is 13.0. The van der Waals surface area contributed by atoms with Gasteiger partial charge in [-0.05, 0) is 47.5 Å². The lowest BCUT2D eigenvalue weighted by Crippen LogP contribution is -2.14. The molecule has 0 saturated carbocycles. The van der Waals surface area contributed by atoms with Gasteiger partial charge in [-0.15, -0.1) is 0 Å². The lowest BCUT2D eigenvalue weighted by molar-refractivity contribution is -0.385. The number of benzene rings is 4. The first-order valence-corrected chi connectivity index (χ1v) is 11.0. The molecule has 8 nitrogen and oxygen atoms in total. The first-order valence-electron chi connectivity index (χ1n) is 9.49. The molecule has 0 aliphatic rings. The monoisotopic (exact) mass is 450 g/mol. The zero-order chi connectivity index (χ0) is 23.0. The van der Waals surface area contributed by atoms with Crippen molar-refractivity contribution in [2.75, 3.05) is 4.72 Å². The topological polar surface area (TPSA) is 130 Å². The average molecular weight is 450 g/mol. The van der Waals surface area contributed by atoms with E-state index in [9.17, 15) is 28.7 Å². The van der Waals surface area contributed by atoms with Crippen molar-refractivity contribution in [1.82, 2.24) is 0 Å². The summed E-state index contributed by atoms with van der Waals surface area (Å²) < 4.78 is 28.3. The second-order valence-corrected chi connectivity index (χ2v) is 8.88. The largest absolute Gasteiger partial charge is 0.507 e. The Hall–Kier alpha value is -4.11. The van der Waals surface area contributed by atoms with E-state index in [4.69, 9.17) is 0 Å². The first kappa shape index (κ1) is 21.1. The molecule has 0 aliphatic carbocycles. The summed E-state index contributed by atoms with van der Waals surface area (Å²) in [7, 11) is -4.16. The lowest BCUT2D eigenvalue weighted by atomic mass is 9.96. The number of rotatable bonds is 5. The van der Waals surface area contributed by atoms with Gasteiger partial charge in [0.2, 0.25) is 0 Å². The molecule has 0 aliphatic heterocycles. The number of aromatic hydroxyl groups is 2. The SMILES string of the molecule is Cc1ccc([N+](=O)[O-])cc1S(=O)(=O)Nc1ccc(O)c(-c2c(O)ccc3ccccc23)c1. The Morgan fingerprint density at radius 1 is 0.906 bits per heavy atom. The number of nitro benzene ring substituents is 1. The number of nitrogens with one attached hydrogen (secondary N) is 1. The molecule has 32 heavy (non-hydrogen) atoms. The van der Waals surface area contributed by atoms with E-state index >= 15 is 0 Å². The van der Waals surface area contributed by atoms with Gasteiger partial charge in [-0.3, -0.25) is 14.8 Å². The molecule has 0 aromatic heterocycles. The number of nitrogens with zero attached hydrogens (tertiary/aromatic N) is 1. The van der Waals surface area contributed by atoms with Gasteiger partial charge in [0.05, 0.1) is 9.82 Å². The van der Waals surface area contributed by atoms with Crippen LogP contribution >= 0.6 is 0 Å². The molecule has 0 atom stereocenters. The molecule has 9 heteroatoms. The summed E-state index contributed by atoms with van der Waals surface area (Å²) in [5, 5.41) is 33.5. The van der Waals surface area contributed by atoms with Gasteiger partial charge in [0, 0.05) is 28.9 Å². The number of aryl methyl sites for hydroxylation is 1. The minimum Gasteiger partial charge on any atom is -0.507 e. The summed E-state index contributed by atoms with van der Waals surface area (Å²) in [6.45, 7) is 1.54. The van der Waals surface area contributed by atoms with Crippen molar-refractivity contribution < 1.29 is 23.6 Å². The van der Waals surface area contributed by atoms with Crippen molar-refractivity contribution in [3.63, 3.8) is 0 Å². The van der Waals surface area contributed by atoms with Crippen molar-refractivity contribution >= 4 is 32.2 Å². The summed E-state index contributed by atoms with van der Waals surface area (Å²) in [4.78, 5) is 10.2. The lowest BCUT2D eigenvalue weighted by Gasteiger charge is -2.14. The first-order chi connectivity index (χ1) is 15.2. The van der Waals surface area contributed by atoms with Gasteiger partial charge in [0.1, 0.15) is 11.5 Å². The third kappa shape index (κ3) is 3.81. The summed E-state index contributed by atoms with van der Waals surface area (Å²) in [6.07, 6.45) is 0.